The lowest BCUT2D eigenvalue weighted by Crippen LogP contribution is -2.52. The van der Waals surface area contributed by atoms with Crippen molar-refractivity contribution in [1.82, 2.24) is 14.7 Å². The van der Waals surface area contributed by atoms with Gasteiger partial charge in [-0.15, -0.1) is 0 Å². The number of carbonyl (C=O) groups is 1. The summed E-state index contributed by atoms with van der Waals surface area (Å²) in [4.78, 5) is 28.7. The van der Waals surface area contributed by atoms with E-state index >= 15 is 0 Å². The standard InChI is InChI=1S/C24H30FN3O4/c1-26-12-14-27(15-13-26)24(30)28(11-10-18-6-4-5-7-22(18)31-2)17-20-9-8-19(16-21(20)25)23(29)32-3/h4-9,16H,10-15,17H2,1-3H3/p+1. The molecule has 2 amide bonds. The summed E-state index contributed by atoms with van der Waals surface area (Å²) in [5.74, 6) is -0.0860. The molecule has 7 nitrogen and oxygen atoms in total. The van der Waals surface area contributed by atoms with Crippen LogP contribution < -0.4 is 4.74 Å². The highest BCUT2D eigenvalue weighted by atomic mass is 19.1. The molecule has 0 spiro atoms. The number of ether oxygens (including phenoxy) is 2. The maximum atomic E-state index is 14.8. The molecule has 1 heterocycles. The molecule has 0 aliphatic carbocycles. The van der Waals surface area contributed by atoms with Gasteiger partial charge >= 0.3 is 12.0 Å². The van der Waals surface area contributed by atoms with E-state index < -0.39 is 5.82 Å². The third-order valence-electron chi connectivity index (χ3n) is 5.74. The zero-order chi connectivity index (χ0) is 23.1. The average Bonchev–Trinajstić information content (AvgIpc) is 2.82. The van der Waals surface area contributed by atoms with E-state index in [-0.39, 0.29) is 24.1 Å². The summed E-state index contributed by atoms with van der Waals surface area (Å²) in [7, 11) is 4.97. The fraction of sp³-hybridized carbons (Fsp3) is 0.417. The minimum absolute atomic E-state index is 0.109. The van der Waals surface area contributed by atoms with Crippen molar-refractivity contribution in [2.45, 2.75) is 13.0 Å². The number of nitrogens with zero attached hydrogens (tertiary/aromatic N) is 3. The number of amides is 2. The van der Waals surface area contributed by atoms with Crippen molar-refractivity contribution in [3.8, 4) is 5.75 Å². The molecule has 0 atom stereocenters. The van der Waals surface area contributed by atoms with Gasteiger partial charge in [0.25, 0.3) is 0 Å². The monoisotopic (exact) mass is 444 g/mol. The lowest BCUT2D eigenvalue weighted by Gasteiger charge is -2.36. The van der Waals surface area contributed by atoms with Gasteiger partial charge in [-0.25, -0.2) is 9.18 Å². The van der Waals surface area contributed by atoms with Crippen molar-refractivity contribution in [1.29, 1.82) is 0 Å². The summed E-state index contributed by atoms with van der Waals surface area (Å²) in [5.41, 5.74) is 1.61. The number of urea groups is 1. The Hall–Kier alpha value is -3.13. The van der Waals surface area contributed by atoms with Crippen molar-refractivity contribution >= 4 is 12.0 Å². The maximum Gasteiger partial charge on any atom is 0.517 e. The first kappa shape index (κ1) is 23.5. The summed E-state index contributed by atoms with van der Waals surface area (Å²) < 4.78 is 25.0. The fourth-order valence-corrected chi connectivity index (χ4v) is 3.74. The van der Waals surface area contributed by atoms with Crippen molar-refractivity contribution in [3.63, 3.8) is 0 Å². The number of carbonyl (C=O) groups excluding carboxylic acids is 2. The summed E-state index contributed by atoms with van der Waals surface area (Å²) in [6.07, 6.45) is 0.585. The molecule has 1 aliphatic heterocycles. The van der Waals surface area contributed by atoms with E-state index in [0.29, 0.717) is 31.6 Å². The molecule has 1 saturated heterocycles. The van der Waals surface area contributed by atoms with Crippen LogP contribution in [0.15, 0.2) is 42.5 Å². The van der Waals surface area contributed by atoms with E-state index in [2.05, 4.69) is 4.90 Å². The predicted octanol–water partition coefficient (Wildman–Crippen LogP) is 2.74. The number of hydrogen-bond donors (Lipinski definition) is 0. The van der Waals surface area contributed by atoms with Crippen LogP contribution >= 0.6 is 0 Å². The second-order valence-electron chi connectivity index (χ2n) is 7.87. The Morgan fingerprint density at radius 3 is 2.47 bits per heavy atom. The quantitative estimate of drug-likeness (QED) is 0.487. The fourth-order valence-electron chi connectivity index (χ4n) is 3.74. The molecule has 0 bridgehead atoms. The van der Waals surface area contributed by atoms with Crippen LogP contribution in [-0.4, -0.2) is 85.5 Å². The number of hydrogen-bond acceptors (Lipinski definition) is 4. The van der Waals surface area contributed by atoms with E-state index in [1.165, 1.54) is 13.2 Å². The van der Waals surface area contributed by atoms with Crippen molar-refractivity contribution in [3.05, 3.63) is 65.0 Å². The van der Waals surface area contributed by atoms with Gasteiger partial charge in [0, 0.05) is 38.3 Å². The number of benzene rings is 2. The van der Waals surface area contributed by atoms with Crippen LogP contribution in [-0.2, 0) is 17.7 Å². The van der Waals surface area contributed by atoms with Crippen LogP contribution in [0.25, 0.3) is 0 Å². The van der Waals surface area contributed by atoms with Crippen molar-refractivity contribution < 1.29 is 23.5 Å². The SMILES string of the molecule is COC(=[OH+])c1ccc(CN(CCc2ccccc2OC)C(=O)N2CCN(C)CC2)c(F)c1. The number of halogens is 1. The highest BCUT2D eigenvalue weighted by Gasteiger charge is 2.26. The molecule has 1 N–H and O–H groups in total. The van der Waals surface area contributed by atoms with E-state index in [4.69, 9.17) is 9.47 Å². The molecule has 2 aromatic rings. The van der Waals surface area contributed by atoms with E-state index in [1.54, 1.807) is 24.1 Å². The largest absolute Gasteiger partial charge is 0.517 e. The minimum Gasteiger partial charge on any atom is -0.496 e. The second-order valence-corrected chi connectivity index (χ2v) is 7.87. The highest BCUT2D eigenvalue weighted by molar-refractivity contribution is 5.90. The topological polar surface area (TPSA) is 66.6 Å². The number of para-hydroxylation sites is 1. The van der Waals surface area contributed by atoms with E-state index in [0.717, 1.165) is 24.4 Å². The van der Waals surface area contributed by atoms with Gasteiger partial charge in [0.2, 0.25) is 0 Å². The number of piperazine rings is 1. The molecule has 32 heavy (non-hydrogen) atoms. The molecule has 0 saturated carbocycles. The first-order chi connectivity index (χ1) is 15.4. The molecule has 0 unspecified atom stereocenters. The average molecular weight is 445 g/mol. The van der Waals surface area contributed by atoms with Crippen molar-refractivity contribution in [2.75, 3.05) is 54.0 Å². The second kappa shape index (κ2) is 10.9. The van der Waals surface area contributed by atoms with Gasteiger partial charge in [-0.2, -0.15) is 0 Å². The third kappa shape index (κ3) is 5.76. The molecular formula is C24H31FN3O4+. The lowest BCUT2D eigenvalue weighted by molar-refractivity contribution is 0.120. The Labute approximate surface area is 188 Å². The zero-order valence-corrected chi connectivity index (χ0v) is 18.9. The third-order valence-corrected chi connectivity index (χ3v) is 5.74. The van der Waals surface area contributed by atoms with Crippen LogP contribution in [0, 0.1) is 5.82 Å². The zero-order valence-electron chi connectivity index (χ0n) is 18.9. The first-order valence-electron chi connectivity index (χ1n) is 10.7. The van der Waals surface area contributed by atoms with Crippen LogP contribution in [0.2, 0.25) is 0 Å². The van der Waals surface area contributed by atoms with Crippen LogP contribution in [0.1, 0.15) is 16.7 Å². The number of rotatable bonds is 7. The Kier molecular flexibility index (Phi) is 8.05. The molecule has 1 aliphatic rings. The Balaban J connectivity index is 1.80. The molecule has 2 aromatic carbocycles. The van der Waals surface area contributed by atoms with Gasteiger partial charge in [-0.3, -0.25) is 0 Å². The molecular weight excluding hydrogens is 413 g/mol. The van der Waals surface area contributed by atoms with Gasteiger partial charge in [0.05, 0.1) is 13.7 Å². The smallest absolute Gasteiger partial charge is 0.496 e. The molecule has 8 heteroatoms. The Bertz CT molecular complexity index is 945. The van der Waals surface area contributed by atoms with Crippen molar-refractivity contribution in [2.24, 2.45) is 0 Å². The van der Waals surface area contributed by atoms with Gasteiger partial charge in [0.15, 0.2) is 7.11 Å². The number of methoxy groups -OCH3 is 2. The minimum atomic E-state index is -0.500. The van der Waals surface area contributed by atoms with Gasteiger partial charge < -0.3 is 29.0 Å². The van der Waals surface area contributed by atoms with Gasteiger partial charge in [0.1, 0.15) is 17.1 Å². The van der Waals surface area contributed by atoms with E-state index in [1.807, 2.05) is 36.2 Å². The summed E-state index contributed by atoms with van der Waals surface area (Å²) in [6, 6.07) is 12.0. The summed E-state index contributed by atoms with van der Waals surface area (Å²) >= 11 is 0. The van der Waals surface area contributed by atoms with E-state index in [9.17, 15) is 14.0 Å². The molecule has 3 rings (SSSR count). The van der Waals surface area contributed by atoms with Gasteiger partial charge in [-0.1, -0.05) is 24.3 Å². The van der Waals surface area contributed by atoms with Crippen LogP contribution in [0.3, 0.4) is 0 Å². The Morgan fingerprint density at radius 2 is 1.81 bits per heavy atom. The normalized spacial score (nSPS) is 14.2. The van der Waals surface area contributed by atoms with Crippen LogP contribution in [0.4, 0.5) is 9.18 Å². The predicted molar refractivity (Wildman–Crippen MR) is 121 cm³/mol. The number of esters is 1. The molecule has 1 fully saturated rings. The van der Waals surface area contributed by atoms with Gasteiger partial charge in [-0.05, 0) is 37.2 Å². The summed E-state index contributed by atoms with van der Waals surface area (Å²) in [6.45, 7) is 3.43. The molecule has 0 radical (unpaired) electrons. The number of likely N-dealkylation sites (N-methyl/N-ethyl adjacent to an activating group) is 1. The molecule has 0 aromatic heterocycles. The molecule has 172 valence electrons. The first-order valence-corrected chi connectivity index (χ1v) is 10.7. The summed E-state index contributed by atoms with van der Waals surface area (Å²) in [5, 5.41) is 0. The maximum absolute atomic E-state index is 14.8. The lowest BCUT2D eigenvalue weighted by atomic mass is 10.1. The highest BCUT2D eigenvalue weighted by Crippen LogP contribution is 2.20. The Morgan fingerprint density at radius 1 is 1.09 bits per heavy atom. The van der Waals surface area contributed by atoms with Crippen LogP contribution in [0.5, 0.6) is 5.75 Å².